The van der Waals surface area contributed by atoms with Gasteiger partial charge in [0, 0.05) is 6.04 Å². The smallest absolute Gasteiger partial charge is 0.223 e. The number of hydrogen-bond donors (Lipinski definition) is 1. The Morgan fingerprint density at radius 1 is 1.50 bits per heavy atom. The molecule has 1 aliphatic rings. The van der Waals surface area contributed by atoms with Crippen molar-refractivity contribution in [2.24, 2.45) is 0 Å². The molecule has 0 radical (unpaired) electrons. The molecule has 0 aromatic heterocycles. The van der Waals surface area contributed by atoms with Gasteiger partial charge in [-0.1, -0.05) is 6.07 Å². The van der Waals surface area contributed by atoms with Crippen LogP contribution >= 0.6 is 15.9 Å². The van der Waals surface area contributed by atoms with E-state index in [9.17, 15) is 9.59 Å². The first kappa shape index (κ1) is 13.1. The monoisotopic (exact) mass is 311 g/mol. The van der Waals surface area contributed by atoms with Crippen molar-refractivity contribution in [1.29, 1.82) is 0 Å². The summed E-state index contributed by atoms with van der Waals surface area (Å²) >= 11 is 3.32. The second kappa shape index (κ2) is 6.00. The molecule has 1 fully saturated rings. The van der Waals surface area contributed by atoms with Gasteiger partial charge in [0.05, 0.1) is 23.1 Å². The zero-order chi connectivity index (χ0) is 13.0. The molecule has 1 saturated carbocycles. The van der Waals surface area contributed by atoms with Gasteiger partial charge in [-0.25, -0.2) is 0 Å². The average Bonchev–Trinajstić information content (AvgIpc) is 3.15. The van der Waals surface area contributed by atoms with E-state index >= 15 is 0 Å². The Balaban J connectivity index is 1.85. The van der Waals surface area contributed by atoms with Crippen molar-refractivity contribution in [3.05, 3.63) is 28.2 Å². The van der Waals surface area contributed by atoms with E-state index in [0.717, 1.165) is 23.6 Å². The van der Waals surface area contributed by atoms with Gasteiger partial charge in [0.25, 0.3) is 0 Å². The Bertz CT molecular complexity index is 458. The van der Waals surface area contributed by atoms with Gasteiger partial charge >= 0.3 is 0 Å². The molecule has 1 N–H and O–H groups in total. The van der Waals surface area contributed by atoms with Crippen LogP contribution in [0.5, 0.6) is 5.75 Å². The number of benzene rings is 1. The molecule has 0 saturated heterocycles. The molecule has 0 heterocycles. The number of rotatable bonds is 6. The maximum atomic E-state index is 11.5. The van der Waals surface area contributed by atoms with Gasteiger partial charge in [0.1, 0.15) is 5.75 Å². The van der Waals surface area contributed by atoms with Gasteiger partial charge in [-0.2, -0.15) is 0 Å². The fraction of sp³-hybridized carbons (Fsp3) is 0.385. The van der Waals surface area contributed by atoms with E-state index < -0.39 is 0 Å². The summed E-state index contributed by atoms with van der Waals surface area (Å²) in [6, 6.07) is 5.61. The topological polar surface area (TPSA) is 55.4 Å². The summed E-state index contributed by atoms with van der Waals surface area (Å²) in [5, 5.41) is 2.88. The van der Waals surface area contributed by atoms with Crippen molar-refractivity contribution in [3.8, 4) is 5.75 Å². The Morgan fingerprint density at radius 3 is 2.94 bits per heavy atom. The summed E-state index contributed by atoms with van der Waals surface area (Å²) in [4.78, 5) is 22.3. The van der Waals surface area contributed by atoms with Crippen molar-refractivity contribution in [2.75, 3.05) is 6.61 Å². The Kier molecular flexibility index (Phi) is 4.36. The third-order valence-corrected chi connectivity index (χ3v) is 3.27. The highest BCUT2D eigenvalue weighted by Gasteiger charge is 2.22. The van der Waals surface area contributed by atoms with E-state index in [4.69, 9.17) is 4.74 Å². The largest absolute Gasteiger partial charge is 0.491 e. The van der Waals surface area contributed by atoms with Gasteiger partial charge in [0.15, 0.2) is 6.29 Å². The predicted molar refractivity (Wildman–Crippen MR) is 70.8 cm³/mol. The number of aldehydes is 1. The summed E-state index contributed by atoms with van der Waals surface area (Å²) in [7, 11) is 0. The van der Waals surface area contributed by atoms with Crippen LogP contribution in [-0.2, 0) is 4.79 Å². The van der Waals surface area contributed by atoms with Gasteiger partial charge in [-0.15, -0.1) is 0 Å². The molecule has 4 nitrogen and oxygen atoms in total. The summed E-state index contributed by atoms with van der Waals surface area (Å²) in [5.74, 6) is 0.490. The van der Waals surface area contributed by atoms with Crippen LogP contribution in [0, 0.1) is 0 Å². The Hall–Kier alpha value is -1.36. The van der Waals surface area contributed by atoms with Crippen molar-refractivity contribution < 1.29 is 14.3 Å². The molecule has 0 bridgehead atoms. The molecule has 1 amide bonds. The lowest BCUT2D eigenvalue weighted by molar-refractivity contribution is -0.121. The SMILES string of the molecule is O=Cc1cccc(Br)c1OCCC(=O)NC1CC1. The molecule has 0 spiro atoms. The van der Waals surface area contributed by atoms with E-state index in [0.29, 0.717) is 23.8 Å². The third kappa shape index (κ3) is 3.57. The average molecular weight is 312 g/mol. The molecule has 96 valence electrons. The van der Waals surface area contributed by atoms with Crippen molar-refractivity contribution in [3.63, 3.8) is 0 Å². The quantitative estimate of drug-likeness (QED) is 0.820. The zero-order valence-electron chi connectivity index (χ0n) is 9.82. The fourth-order valence-corrected chi connectivity index (χ4v) is 2.04. The van der Waals surface area contributed by atoms with Crippen molar-refractivity contribution in [1.82, 2.24) is 5.32 Å². The van der Waals surface area contributed by atoms with Gasteiger partial charge in [-0.3, -0.25) is 9.59 Å². The van der Waals surface area contributed by atoms with E-state index in [1.54, 1.807) is 18.2 Å². The summed E-state index contributed by atoms with van der Waals surface area (Å²) in [5.41, 5.74) is 0.479. The second-order valence-corrected chi connectivity index (χ2v) is 5.07. The molecule has 1 aromatic rings. The number of carbonyl (C=O) groups excluding carboxylic acids is 2. The Morgan fingerprint density at radius 2 is 2.28 bits per heavy atom. The van der Waals surface area contributed by atoms with E-state index in [2.05, 4.69) is 21.2 Å². The van der Waals surface area contributed by atoms with Crippen molar-refractivity contribution in [2.45, 2.75) is 25.3 Å². The summed E-state index contributed by atoms with van der Waals surface area (Å²) < 4.78 is 6.21. The van der Waals surface area contributed by atoms with E-state index in [-0.39, 0.29) is 12.5 Å². The molecule has 5 heteroatoms. The molecule has 0 unspecified atom stereocenters. The number of ether oxygens (including phenoxy) is 1. The number of halogens is 1. The first-order chi connectivity index (χ1) is 8.70. The molecular weight excluding hydrogens is 298 g/mol. The minimum atomic E-state index is -0.00259. The maximum absolute atomic E-state index is 11.5. The lowest BCUT2D eigenvalue weighted by Gasteiger charge is -2.10. The van der Waals surface area contributed by atoms with Crippen LogP contribution in [0.25, 0.3) is 0 Å². The maximum Gasteiger partial charge on any atom is 0.223 e. The van der Waals surface area contributed by atoms with Crippen LogP contribution in [0.1, 0.15) is 29.6 Å². The number of carbonyl (C=O) groups is 2. The first-order valence-electron chi connectivity index (χ1n) is 5.86. The summed E-state index contributed by atoms with van der Waals surface area (Å²) in [6.07, 6.45) is 3.19. The number of amides is 1. The molecule has 0 atom stereocenters. The second-order valence-electron chi connectivity index (χ2n) is 4.22. The minimum absolute atomic E-state index is 0.00259. The minimum Gasteiger partial charge on any atom is -0.491 e. The third-order valence-electron chi connectivity index (χ3n) is 2.64. The lowest BCUT2D eigenvalue weighted by atomic mass is 10.2. The van der Waals surface area contributed by atoms with Crippen LogP contribution in [0.2, 0.25) is 0 Å². The number of nitrogens with one attached hydrogen (secondary N) is 1. The van der Waals surface area contributed by atoms with Gasteiger partial charge < -0.3 is 10.1 Å². The van der Waals surface area contributed by atoms with Crippen LogP contribution < -0.4 is 10.1 Å². The van der Waals surface area contributed by atoms with Crippen molar-refractivity contribution >= 4 is 28.1 Å². The highest BCUT2D eigenvalue weighted by Crippen LogP contribution is 2.28. The van der Waals surface area contributed by atoms with Gasteiger partial charge in [0.2, 0.25) is 5.91 Å². The lowest BCUT2D eigenvalue weighted by Crippen LogP contribution is -2.26. The molecular formula is C13H14BrNO3. The number of hydrogen-bond acceptors (Lipinski definition) is 3. The predicted octanol–water partition coefficient (Wildman–Crippen LogP) is 2.31. The highest BCUT2D eigenvalue weighted by molar-refractivity contribution is 9.10. The van der Waals surface area contributed by atoms with E-state index in [1.165, 1.54) is 0 Å². The zero-order valence-corrected chi connectivity index (χ0v) is 11.4. The van der Waals surface area contributed by atoms with E-state index in [1.807, 2.05) is 0 Å². The normalized spacial score (nSPS) is 14.1. The fourth-order valence-electron chi connectivity index (χ4n) is 1.54. The molecule has 0 aliphatic heterocycles. The first-order valence-corrected chi connectivity index (χ1v) is 6.66. The van der Waals surface area contributed by atoms with Crippen LogP contribution in [0.4, 0.5) is 0 Å². The number of para-hydroxylation sites is 1. The molecule has 1 aliphatic carbocycles. The molecule has 1 aromatic carbocycles. The Labute approximate surface area is 114 Å². The standard InChI is InChI=1S/C13H14BrNO3/c14-11-3-1-2-9(8-16)13(11)18-7-6-12(17)15-10-4-5-10/h1-3,8,10H,4-7H2,(H,15,17). The van der Waals surface area contributed by atoms with Crippen LogP contribution in [0.15, 0.2) is 22.7 Å². The molecule has 18 heavy (non-hydrogen) atoms. The van der Waals surface area contributed by atoms with Crippen LogP contribution in [-0.4, -0.2) is 24.8 Å². The van der Waals surface area contributed by atoms with Crippen LogP contribution in [0.3, 0.4) is 0 Å². The summed E-state index contributed by atoms with van der Waals surface area (Å²) in [6.45, 7) is 0.266. The van der Waals surface area contributed by atoms with Gasteiger partial charge in [-0.05, 0) is 40.9 Å². The highest BCUT2D eigenvalue weighted by atomic mass is 79.9. The molecule has 2 rings (SSSR count).